The first-order valence-electron chi connectivity index (χ1n) is 6.14. The molecule has 2 rings (SSSR count). The number of nitrogens with one attached hydrogen (secondary N) is 1. The van der Waals surface area contributed by atoms with E-state index in [2.05, 4.69) is 21.2 Å². The topological polar surface area (TPSA) is 55.4 Å². The van der Waals surface area contributed by atoms with Crippen molar-refractivity contribution in [2.45, 2.75) is 0 Å². The largest absolute Gasteiger partial charge is 0.452 e. The predicted octanol–water partition coefficient (Wildman–Crippen LogP) is 4.04. The van der Waals surface area contributed by atoms with E-state index < -0.39 is 24.3 Å². The molecule has 4 nitrogen and oxygen atoms in total. The molecular formula is C15H10BrClFNO3. The highest BCUT2D eigenvalue weighted by atomic mass is 79.9. The Morgan fingerprint density at radius 1 is 1.23 bits per heavy atom. The molecule has 0 unspecified atom stereocenters. The highest BCUT2D eigenvalue weighted by Crippen LogP contribution is 2.22. The summed E-state index contributed by atoms with van der Waals surface area (Å²) in [6.07, 6.45) is 0. The molecule has 0 atom stereocenters. The van der Waals surface area contributed by atoms with Crippen LogP contribution in [-0.2, 0) is 9.53 Å². The van der Waals surface area contributed by atoms with E-state index in [0.717, 1.165) is 6.07 Å². The fraction of sp³-hybridized carbons (Fsp3) is 0.0667. The van der Waals surface area contributed by atoms with Crippen LogP contribution in [0.25, 0.3) is 0 Å². The number of anilines is 1. The van der Waals surface area contributed by atoms with Crippen molar-refractivity contribution < 1.29 is 18.7 Å². The Balaban J connectivity index is 1.94. The summed E-state index contributed by atoms with van der Waals surface area (Å²) in [5.74, 6) is -1.80. The maximum atomic E-state index is 13.1. The Morgan fingerprint density at radius 3 is 2.68 bits per heavy atom. The third-order valence-corrected chi connectivity index (χ3v) is 3.65. The van der Waals surface area contributed by atoms with E-state index in [9.17, 15) is 14.0 Å². The van der Waals surface area contributed by atoms with E-state index in [4.69, 9.17) is 16.3 Å². The second-order valence-corrected chi connectivity index (χ2v) is 5.49. The molecule has 0 aliphatic carbocycles. The van der Waals surface area contributed by atoms with Crippen LogP contribution in [-0.4, -0.2) is 18.5 Å². The molecule has 0 spiro atoms. The second kappa shape index (κ2) is 7.38. The molecule has 114 valence electrons. The van der Waals surface area contributed by atoms with E-state index in [1.807, 2.05) is 0 Å². The average molecular weight is 387 g/mol. The van der Waals surface area contributed by atoms with Crippen molar-refractivity contribution in [2.75, 3.05) is 11.9 Å². The van der Waals surface area contributed by atoms with E-state index in [1.165, 1.54) is 12.1 Å². The molecule has 0 saturated carbocycles. The Bertz CT molecular complexity index is 724. The van der Waals surface area contributed by atoms with Crippen molar-refractivity contribution >= 4 is 45.1 Å². The zero-order valence-electron chi connectivity index (χ0n) is 11.1. The first kappa shape index (κ1) is 16.5. The van der Waals surface area contributed by atoms with Crippen molar-refractivity contribution in [3.8, 4) is 0 Å². The minimum atomic E-state index is -0.645. The van der Waals surface area contributed by atoms with Gasteiger partial charge in [0.2, 0.25) is 0 Å². The van der Waals surface area contributed by atoms with Gasteiger partial charge in [-0.1, -0.05) is 23.7 Å². The Hall–Kier alpha value is -1.92. The first-order chi connectivity index (χ1) is 10.5. The lowest BCUT2D eigenvalue weighted by Crippen LogP contribution is -2.21. The van der Waals surface area contributed by atoms with Crippen molar-refractivity contribution in [2.24, 2.45) is 0 Å². The fourth-order valence-corrected chi connectivity index (χ4v) is 2.23. The number of benzene rings is 2. The molecule has 0 aliphatic heterocycles. The number of carbonyl (C=O) groups excluding carboxylic acids is 2. The summed E-state index contributed by atoms with van der Waals surface area (Å²) in [6.45, 7) is -0.507. The van der Waals surface area contributed by atoms with Crippen LogP contribution < -0.4 is 5.32 Å². The van der Waals surface area contributed by atoms with Crippen molar-refractivity contribution in [3.63, 3.8) is 0 Å². The summed E-state index contributed by atoms with van der Waals surface area (Å²) in [7, 11) is 0. The lowest BCUT2D eigenvalue weighted by molar-refractivity contribution is -0.119. The number of amides is 1. The van der Waals surface area contributed by atoms with Gasteiger partial charge in [0.05, 0.1) is 16.3 Å². The van der Waals surface area contributed by atoms with Gasteiger partial charge in [0, 0.05) is 4.47 Å². The molecule has 0 radical (unpaired) electrons. The summed E-state index contributed by atoms with van der Waals surface area (Å²) < 4.78 is 18.5. The van der Waals surface area contributed by atoms with Crippen LogP contribution in [0.5, 0.6) is 0 Å². The summed E-state index contributed by atoms with van der Waals surface area (Å²) in [6, 6.07) is 10.2. The SMILES string of the molecule is O=C(COC(=O)c1ccccc1Br)Nc1cc(F)ccc1Cl. The number of esters is 1. The van der Waals surface area contributed by atoms with Gasteiger partial charge in [-0.05, 0) is 46.3 Å². The van der Waals surface area contributed by atoms with Gasteiger partial charge in [0.1, 0.15) is 5.82 Å². The zero-order chi connectivity index (χ0) is 16.1. The van der Waals surface area contributed by atoms with Gasteiger partial charge in [-0.25, -0.2) is 9.18 Å². The van der Waals surface area contributed by atoms with Gasteiger partial charge in [-0.2, -0.15) is 0 Å². The summed E-state index contributed by atoms with van der Waals surface area (Å²) in [5, 5.41) is 2.56. The molecule has 1 amide bonds. The van der Waals surface area contributed by atoms with E-state index >= 15 is 0 Å². The summed E-state index contributed by atoms with van der Waals surface area (Å²) >= 11 is 9.04. The van der Waals surface area contributed by atoms with Crippen molar-refractivity contribution in [1.82, 2.24) is 0 Å². The Morgan fingerprint density at radius 2 is 1.95 bits per heavy atom. The number of ether oxygens (including phenoxy) is 1. The molecule has 0 aliphatic rings. The van der Waals surface area contributed by atoms with Gasteiger partial charge in [-0.15, -0.1) is 0 Å². The Labute approximate surface area is 139 Å². The van der Waals surface area contributed by atoms with Gasteiger partial charge in [0.25, 0.3) is 5.91 Å². The number of halogens is 3. The highest BCUT2D eigenvalue weighted by Gasteiger charge is 2.13. The monoisotopic (exact) mass is 385 g/mol. The van der Waals surface area contributed by atoms with Gasteiger partial charge in [0.15, 0.2) is 6.61 Å². The third kappa shape index (κ3) is 4.29. The molecular weight excluding hydrogens is 377 g/mol. The molecule has 7 heteroatoms. The maximum Gasteiger partial charge on any atom is 0.339 e. The van der Waals surface area contributed by atoms with Crippen LogP contribution in [0.15, 0.2) is 46.9 Å². The number of carbonyl (C=O) groups is 2. The molecule has 2 aromatic rings. The van der Waals surface area contributed by atoms with Crippen LogP contribution >= 0.6 is 27.5 Å². The average Bonchev–Trinajstić information content (AvgIpc) is 2.49. The minimum absolute atomic E-state index is 0.114. The number of hydrogen-bond donors (Lipinski definition) is 1. The van der Waals surface area contributed by atoms with Crippen LogP contribution in [0.4, 0.5) is 10.1 Å². The number of hydrogen-bond acceptors (Lipinski definition) is 3. The predicted molar refractivity (Wildman–Crippen MR) is 84.5 cm³/mol. The molecule has 0 fully saturated rings. The summed E-state index contributed by atoms with van der Waals surface area (Å²) in [5.41, 5.74) is 0.419. The second-order valence-electron chi connectivity index (χ2n) is 4.23. The van der Waals surface area contributed by atoms with Crippen LogP contribution in [0.2, 0.25) is 5.02 Å². The van der Waals surface area contributed by atoms with Crippen molar-refractivity contribution in [1.29, 1.82) is 0 Å². The molecule has 0 bridgehead atoms. The minimum Gasteiger partial charge on any atom is -0.452 e. The Kier molecular flexibility index (Phi) is 5.51. The van der Waals surface area contributed by atoms with E-state index in [0.29, 0.717) is 10.0 Å². The molecule has 0 heterocycles. The smallest absolute Gasteiger partial charge is 0.339 e. The molecule has 22 heavy (non-hydrogen) atoms. The molecule has 0 aromatic heterocycles. The quantitative estimate of drug-likeness (QED) is 0.807. The molecule has 2 aromatic carbocycles. The lowest BCUT2D eigenvalue weighted by Gasteiger charge is -2.08. The molecule has 1 N–H and O–H groups in total. The lowest BCUT2D eigenvalue weighted by atomic mass is 10.2. The maximum absolute atomic E-state index is 13.1. The normalized spacial score (nSPS) is 10.1. The molecule has 0 saturated heterocycles. The summed E-state index contributed by atoms with van der Waals surface area (Å²) in [4.78, 5) is 23.5. The zero-order valence-corrected chi connectivity index (χ0v) is 13.4. The standard InChI is InChI=1S/C15H10BrClFNO3/c16-11-4-2-1-3-10(11)15(21)22-8-14(20)19-13-7-9(18)5-6-12(13)17/h1-7H,8H2,(H,19,20). The highest BCUT2D eigenvalue weighted by molar-refractivity contribution is 9.10. The van der Waals surface area contributed by atoms with E-state index in [1.54, 1.807) is 24.3 Å². The first-order valence-corrected chi connectivity index (χ1v) is 7.31. The van der Waals surface area contributed by atoms with Gasteiger partial charge < -0.3 is 10.1 Å². The van der Waals surface area contributed by atoms with E-state index in [-0.39, 0.29) is 10.7 Å². The van der Waals surface area contributed by atoms with Crippen molar-refractivity contribution in [3.05, 3.63) is 63.3 Å². The number of rotatable bonds is 4. The van der Waals surface area contributed by atoms with Gasteiger partial charge in [-0.3, -0.25) is 4.79 Å². The van der Waals surface area contributed by atoms with Gasteiger partial charge >= 0.3 is 5.97 Å². The van der Waals surface area contributed by atoms with Crippen LogP contribution in [0.1, 0.15) is 10.4 Å². The third-order valence-electron chi connectivity index (χ3n) is 2.63. The van der Waals surface area contributed by atoms with Crippen LogP contribution in [0, 0.1) is 5.82 Å². The fourth-order valence-electron chi connectivity index (χ4n) is 1.62. The van der Waals surface area contributed by atoms with Crippen LogP contribution in [0.3, 0.4) is 0 Å².